The van der Waals surface area contributed by atoms with Crippen molar-refractivity contribution in [2.45, 2.75) is 32.1 Å². The van der Waals surface area contributed by atoms with E-state index in [-0.39, 0.29) is 35.5 Å². The molecule has 1 aliphatic carbocycles. The maximum atomic E-state index is 5.25. The first kappa shape index (κ1) is 16.9. The molecular formula is C8H13ClMg. The predicted octanol–water partition coefficient (Wildman–Crippen LogP) is 2.40. The van der Waals surface area contributed by atoms with E-state index in [0.717, 1.165) is 0 Å². The van der Waals surface area contributed by atoms with Crippen LogP contribution in [0.2, 0.25) is 0 Å². The number of rotatable bonds is 0. The fraction of sp³-hybridized carbons (Fsp3) is 0.625. The Bertz CT molecular complexity index is 46.0. The largest absolute Gasteiger partial charge is 2.00 e. The van der Waals surface area contributed by atoms with Crippen LogP contribution in [0.25, 0.3) is 0 Å². The van der Waals surface area contributed by atoms with Gasteiger partial charge in [-0.15, -0.1) is 12.4 Å². The molecule has 0 radical (unpaired) electrons. The van der Waals surface area contributed by atoms with E-state index in [1.807, 2.05) is 0 Å². The summed E-state index contributed by atoms with van der Waals surface area (Å²) in [6, 6.07) is 0. The zero-order valence-electron chi connectivity index (χ0n) is 6.31. The van der Waals surface area contributed by atoms with E-state index in [0.29, 0.717) is 0 Å². The van der Waals surface area contributed by atoms with Crippen LogP contribution in [0, 0.1) is 19.3 Å². The summed E-state index contributed by atoms with van der Waals surface area (Å²) < 4.78 is 0. The average Bonchev–Trinajstić information content (AvgIpc) is 1.96. The van der Waals surface area contributed by atoms with E-state index in [9.17, 15) is 0 Å². The molecular weight excluding hydrogens is 156 g/mol. The summed E-state index contributed by atoms with van der Waals surface area (Å²) in [5.74, 6) is 0. The molecule has 0 amide bonds. The molecule has 1 fully saturated rings. The topological polar surface area (TPSA) is 0 Å². The fourth-order valence-electron chi connectivity index (χ4n) is 0.898. The van der Waals surface area contributed by atoms with Crippen molar-refractivity contribution < 1.29 is 0 Å². The van der Waals surface area contributed by atoms with Crippen LogP contribution in [0.4, 0.5) is 0 Å². The van der Waals surface area contributed by atoms with Gasteiger partial charge in [0.25, 0.3) is 0 Å². The summed E-state index contributed by atoms with van der Waals surface area (Å²) in [5, 5.41) is 0. The van der Waals surface area contributed by atoms with Crippen molar-refractivity contribution in [2.75, 3.05) is 0 Å². The monoisotopic (exact) mass is 168 g/mol. The fourth-order valence-corrected chi connectivity index (χ4v) is 0.898. The molecule has 0 atom stereocenters. The zero-order chi connectivity index (χ0) is 6.24. The van der Waals surface area contributed by atoms with Gasteiger partial charge in [0, 0.05) is 0 Å². The molecule has 0 heterocycles. The molecule has 0 aromatic heterocycles. The minimum absolute atomic E-state index is 0. The van der Waals surface area contributed by atoms with E-state index in [1.54, 1.807) is 0 Å². The molecule has 0 bridgehead atoms. The SMILES string of the molecule is Cl.[C-]#C.[CH-]1CCCCC1.[Mg+2]. The Labute approximate surface area is 86.7 Å². The van der Waals surface area contributed by atoms with Gasteiger partial charge in [0.15, 0.2) is 0 Å². The summed E-state index contributed by atoms with van der Waals surface area (Å²) in [6.45, 7) is 0. The Kier molecular flexibility index (Phi) is 27.6. The first-order valence-electron chi connectivity index (χ1n) is 3.11. The van der Waals surface area contributed by atoms with Gasteiger partial charge >= 0.3 is 23.1 Å². The quantitative estimate of drug-likeness (QED) is 0.296. The molecule has 0 nitrogen and oxygen atoms in total. The Balaban J connectivity index is -0.000000114. The van der Waals surface area contributed by atoms with Crippen LogP contribution in [0.1, 0.15) is 32.1 Å². The van der Waals surface area contributed by atoms with Gasteiger partial charge in [0.1, 0.15) is 0 Å². The molecule has 1 rings (SSSR count). The van der Waals surface area contributed by atoms with Crippen molar-refractivity contribution in [1.29, 1.82) is 0 Å². The van der Waals surface area contributed by atoms with Gasteiger partial charge in [-0.3, -0.25) is 0 Å². The smallest absolute Gasteiger partial charge is 0.697 e. The number of hydrogen-bond acceptors (Lipinski definition) is 0. The summed E-state index contributed by atoms with van der Waals surface area (Å²) in [5.41, 5.74) is 0. The Hall–Kier alpha value is 0.616. The van der Waals surface area contributed by atoms with Crippen molar-refractivity contribution in [1.82, 2.24) is 0 Å². The molecule has 2 heteroatoms. The van der Waals surface area contributed by atoms with Gasteiger partial charge in [-0.05, 0) is 0 Å². The third-order valence-corrected chi connectivity index (χ3v) is 1.32. The summed E-state index contributed by atoms with van der Waals surface area (Å²) in [7, 11) is 0. The molecule has 0 spiro atoms. The van der Waals surface area contributed by atoms with Crippen LogP contribution in [0.15, 0.2) is 0 Å². The van der Waals surface area contributed by atoms with Gasteiger partial charge in [0.05, 0.1) is 0 Å². The molecule has 0 saturated heterocycles. The summed E-state index contributed by atoms with van der Waals surface area (Å²) in [4.78, 5) is 0. The first-order valence-corrected chi connectivity index (χ1v) is 3.11. The summed E-state index contributed by atoms with van der Waals surface area (Å²) >= 11 is 0. The number of hydrogen-bond donors (Lipinski definition) is 0. The molecule has 0 aromatic rings. The van der Waals surface area contributed by atoms with Gasteiger partial charge in [0.2, 0.25) is 0 Å². The van der Waals surface area contributed by atoms with Crippen LogP contribution < -0.4 is 0 Å². The molecule has 0 aliphatic heterocycles. The average molecular weight is 169 g/mol. The maximum absolute atomic E-state index is 5.25. The van der Waals surface area contributed by atoms with E-state index >= 15 is 0 Å². The van der Waals surface area contributed by atoms with Crippen molar-refractivity contribution in [3.05, 3.63) is 12.8 Å². The van der Waals surface area contributed by atoms with Crippen LogP contribution in [-0.4, -0.2) is 23.1 Å². The molecule has 54 valence electrons. The van der Waals surface area contributed by atoms with Gasteiger partial charge in [-0.2, -0.15) is 12.8 Å². The molecule has 1 saturated carbocycles. The second-order valence-corrected chi connectivity index (χ2v) is 1.93. The summed E-state index contributed by atoms with van der Waals surface area (Å²) in [6.07, 6.45) is 18.5. The van der Waals surface area contributed by atoms with E-state index in [1.165, 1.54) is 32.1 Å². The van der Waals surface area contributed by atoms with Gasteiger partial charge < -0.3 is 19.3 Å². The van der Waals surface area contributed by atoms with E-state index in [2.05, 4.69) is 12.8 Å². The predicted molar refractivity (Wildman–Crippen MR) is 48.6 cm³/mol. The minimum Gasteiger partial charge on any atom is -0.697 e. The number of terminal acetylenes is 1. The van der Waals surface area contributed by atoms with Crippen LogP contribution in [-0.2, 0) is 0 Å². The minimum atomic E-state index is 0. The zero-order valence-corrected chi connectivity index (χ0v) is 8.54. The first-order chi connectivity index (χ1) is 4.00. The second kappa shape index (κ2) is 16.3. The van der Waals surface area contributed by atoms with Crippen LogP contribution in [0.3, 0.4) is 0 Å². The molecule has 1 aliphatic rings. The van der Waals surface area contributed by atoms with E-state index in [4.69, 9.17) is 6.42 Å². The molecule has 0 aromatic carbocycles. The molecule has 10 heavy (non-hydrogen) atoms. The Morgan fingerprint density at radius 1 is 1.00 bits per heavy atom. The second-order valence-electron chi connectivity index (χ2n) is 1.93. The van der Waals surface area contributed by atoms with Crippen molar-refractivity contribution in [3.8, 4) is 6.42 Å². The van der Waals surface area contributed by atoms with E-state index < -0.39 is 0 Å². The van der Waals surface area contributed by atoms with Crippen LogP contribution >= 0.6 is 12.4 Å². The van der Waals surface area contributed by atoms with Crippen molar-refractivity contribution in [2.24, 2.45) is 0 Å². The maximum Gasteiger partial charge on any atom is 2.00 e. The number of halogens is 1. The standard InChI is InChI=1S/C6H11.C2H.ClH.Mg/c1-2-4-6-5-3-1;1-2;;/h1H,2-6H2;1H;1H;/q2*-1;;+2. The third-order valence-electron chi connectivity index (χ3n) is 1.32. The molecule has 0 unspecified atom stereocenters. The van der Waals surface area contributed by atoms with Crippen LogP contribution in [0.5, 0.6) is 0 Å². The van der Waals surface area contributed by atoms with Gasteiger partial charge in [-0.1, -0.05) is 19.3 Å². The third kappa shape index (κ3) is 11.4. The van der Waals surface area contributed by atoms with Crippen molar-refractivity contribution >= 4 is 35.5 Å². The van der Waals surface area contributed by atoms with Crippen molar-refractivity contribution in [3.63, 3.8) is 0 Å². The Morgan fingerprint density at radius 2 is 1.40 bits per heavy atom. The van der Waals surface area contributed by atoms with Gasteiger partial charge in [-0.25, -0.2) is 0 Å². The molecule has 0 N–H and O–H groups in total. The Morgan fingerprint density at radius 3 is 1.50 bits per heavy atom. The normalized spacial score (nSPS) is 14.6.